The smallest absolute Gasteiger partial charge is 0.130 e. The third-order valence-corrected chi connectivity index (χ3v) is 1.23. The van der Waals surface area contributed by atoms with E-state index in [1.807, 2.05) is 0 Å². The van der Waals surface area contributed by atoms with Gasteiger partial charge in [0.15, 0.2) is 0 Å². The van der Waals surface area contributed by atoms with Crippen LogP contribution in [-0.2, 0) is 4.79 Å². The number of rotatable bonds is 3. The molecule has 0 aromatic carbocycles. The van der Waals surface area contributed by atoms with Crippen molar-refractivity contribution in [2.45, 2.75) is 34.1 Å². The summed E-state index contributed by atoms with van der Waals surface area (Å²) in [5, 5.41) is 0. The summed E-state index contributed by atoms with van der Waals surface area (Å²) in [5.41, 5.74) is 1.29. The Balaban J connectivity index is 3.75. The Morgan fingerprint density at radius 1 is 1.40 bits per heavy atom. The van der Waals surface area contributed by atoms with Gasteiger partial charge in [-0.15, -0.1) is 0 Å². The highest BCUT2D eigenvalue weighted by Crippen LogP contribution is 2.06. The molecular formula is C9H16O. The van der Waals surface area contributed by atoms with Gasteiger partial charge in [-0.3, -0.25) is 0 Å². The number of hydrogen-bond acceptors (Lipinski definition) is 1. The average molecular weight is 140 g/mol. The van der Waals surface area contributed by atoms with E-state index in [0.29, 0.717) is 12.3 Å². The summed E-state index contributed by atoms with van der Waals surface area (Å²) in [6.07, 6.45) is 2.80. The Hall–Kier alpha value is -0.590. The molecule has 0 fully saturated rings. The van der Waals surface area contributed by atoms with Gasteiger partial charge < -0.3 is 4.79 Å². The molecule has 1 heteroatoms. The molecule has 0 aliphatic rings. The predicted molar refractivity (Wildman–Crippen MR) is 43.9 cm³/mol. The van der Waals surface area contributed by atoms with Crippen molar-refractivity contribution in [3.05, 3.63) is 11.6 Å². The van der Waals surface area contributed by atoms with Gasteiger partial charge in [0.25, 0.3) is 0 Å². The minimum absolute atomic E-state index is 0.269. The van der Waals surface area contributed by atoms with Gasteiger partial charge in [-0.05, 0) is 26.7 Å². The van der Waals surface area contributed by atoms with Crippen LogP contribution >= 0.6 is 0 Å². The molecule has 1 unspecified atom stereocenters. The highest BCUT2D eigenvalue weighted by molar-refractivity contribution is 5.75. The van der Waals surface area contributed by atoms with E-state index in [1.165, 1.54) is 5.57 Å². The second kappa shape index (κ2) is 4.26. The first kappa shape index (κ1) is 9.41. The average Bonchev–Trinajstić information content (AvgIpc) is 1.58. The van der Waals surface area contributed by atoms with Crippen molar-refractivity contribution in [3.8, 4) is 0 Å². The maximum atomic E-state index is 10.6. The van der Waals surface area contributed by atoms with Crippen LogP contribution in [0.25, 0.3) is 0 Å². The van der Waals surface area contributed by atoms with Crippen LogP contribution in [0, 0.1) is 5.92 Å². The Morgan fingerprint density at radius 2 is 1.90 bits per heavy atom. The zero-order valence-corrected chi connectivity index (χ0v) is 7.27. The van der Waals surface area contributed by atoms with Crippen molar-refractivity contribution < 1.29 is 4.79 Å². The predicted octanol–water partition coefficient (Wildman–Crippen LogP) is 2.57. The summed E-state index contributed by atoms with van der Waals surface area (Å²) in [5.74, 6) is 0.674. The standard InChI is InChI=1S/C9H16O/c1-7(2)5-8(3)6-9(4)10/h5,8H,6H2,1-4H3. The molecule has 0 aromatic heterocycles. The number of ketones is 1. The minimum Gasteiger partial charge on any atom is -0.300 e. The molecule has 0 rings (SSSR count). The Morgan fingerprint density at radius 3 is 2.20 bits per heavy atom. The molecule has 0 radical (unpaired) electrons. The van der Waals surface area contributed by atoms with E-state index in [2.05, 4.69) is 26.8 Å². The zero-order chi connectivity index (χ0) is 8.15. The lowest BCUT2D eigenvalue weighted by Crippen LogP contribution is -1.98. The second-order valence-corrected chi connectivity index (χ2v) is 3.13. The van der Waals surface area contributed by atoms with E-state index in [9.17, 15) is 4.79 Å². The van der Waals surface area contributed by atoms with E-state index < -0.39 is 0 Å². The lowest BCUT2D eigenvalue weighted by atomic mass is 10.0. The normalized spacial score (nSPS) is 12.4. The van der Waals surface area contributed by atoms with Gasteiger partial charge >= 0.3 is 0 Å². The second-order valence-electron chi connectivity index (χ2n) is 3.13. The Bertz CT molecular complexity index is 141. The number of allylic oxidation sites excluding steroid dienone is 2. The van der Waals surface area contributed by atoms with Crippen molar-refractivity contribution >= 4 is 5.78 Å². The molecular weight excluding hydrogens is 124 g/mol. The highest BCUT2D eigenvalue weighted by Gasteiger charge is 2.00. The topological polar surface area (TPSA) is 17.1 Å². The highest BCUT2D eigenvalue weighted by atomic mass is 16.1. The van der Waals surface area contributed by atoms with Crippen LogP contribution in [0.1, 0.15) is 34.1 Å². The van der Waals surface area contributed by atoms with E-state index in [4.69, 9.17) is 0 Å². The zero-order valence-electron chi connectivity index (χ0n) is 7.27. The maximum Gasteiger partial charge on any atom is 0.130 e. The molecule has 1 nitrogen and oxygen atoms in total. The van der Waals surface area contributed by atoms with Gasteiger partial charge in [0, 0.05) is 6.42 Å². The maximum absolute atomic E-state index is 10.6. The van der Waals surface area contributed by atoms with Crippen LogP contribution in [0.15, 0.2) is 11.6 Å². The molecule has 0 aliphatic heterocycles. The summed E-state index contributed by atoms with van der Waals surface area (Å²) in [6.45, 7) is 7.80. The number of carbonyl (C=O) groups is 1. The van der Waals surface area contributed by atoms with Crippen LogP contribution in [-0.4, -0.2) is 5.78 Å². The molecule has 0 saturated carbocycles. The molecule has 0 aromatic rings. The van der Waals surface area contributed by atoms with Crippen LogP contribution in [0.3, 0.4) is 0 Å². The summed E-state index contributed by atoms with van der Waals surface area (Å²) in [6, 6.07) is 0. The lowest BCUT2D eigenvalue weighted by molar-refractivity contribution is -0.117. The largest absolute Gasteiger partial charge is 0.300 e. The minimum atomic E-state index is 0.269. The lowest BCUT2D eigenvalue weighted by Gasteiger charge is -2.02. The fraction of sp³-hybridized carbons (Fsp3) is 0.667. The Kier molecular flexibility index (Phi) is 4.01. The van der Waals surface area contributed by atoms with E-state index in [-0.39, 0.29) is 5.78 Å². The summed E-state index contributed by atoms with van der Waals surface area (Å²) >= 11 is 0. The summed E-state index contributed by atoms with van der Waals surface area (Å²) in [7, 11) is 0. The molecule has 0 heterocycles. The molecule has 10 heavy (non-hydrogen) atoms. The number of Topliss-reactive ketones (excluding diaryl/α,β-unsaturated/α-hetero) is 1. The molecule has 0 aliphatic carbocycles. The SMILES string of the molecule is CC(=O)CC(C)C=C(C)C. The van der Waals surface area contributed by atoms with E-state index in [0.717, 1.165) is 0 Å². The fourth-order valence-corrected chi connectivity index (χ4v) is 1.08. The van der Waals surface area contributed by atoms with Crippen molar-refractivity contribution in [1.29, 1.82) is 0 Å². The van der Waals surface area contributed by atoms with Crippen LogP contribution in [0.4, 0.5) is 0 Å². The van der Waals surface area contributed by atoms with Gasteiger partial charge in [-0.1, -0.05) is 18.6 Å². The third-order valence-electron chi connectivity index (χ3n) is 1.23. The molecule has 1 atom stereocenters. The quantitative estimate of drug-likeness (QED) is 0.551. The van der Waals surface area contributed by atoms with Crippen molar-refractivity contribution in [2.75, 3.05) is 0 Å². The fourth-order valence-electron chi connectivity index (χ4n) is 1.08. The van der Waals surface area contributed by atoms with Gasteiger partial charge in [-0.2, -0.15) is 0 Å². The molecule has 0 saturated heterocycles. The summed E-state index contributed by atoms with van der Waals surface area (Å²) in [4.78, 5) is 10.6. The van der Waals surface area contributed by atoms with Gasteiger partial charge in [0.1, 0.15) is 5.78 Å². The van der Waals surface area contributed by atoms with Gasteiger partial charge in [-0.25, -0.2) is 0 Å². The molecule has 0 bridgehead atoms. The first-order valence-corrected chi connectivity index (χ1v) is 3.67. The summed E-state index contributed by atoms with van der Waals surface area (Å²) < 4.78 is 0. The van der Waals surface area contributed by atoms with Crippen LogP contribution in [0.5, 0.6) is 0 Å². The first-order chi connectivity index (χ1) is 4.52. The van der Waals surface area contributed by atoms with E-state index >= 15 is 0 Å². The molecule has 0 spiro atoms. The monoisotopic (exact) mass is 140 g/mol. The van der Waals surface area contributed by atoms with Gasteiger partial charge in [0.2, 0.25) is 0 Å². The first-order valence-electron chi connectivity index (χ1n) is 3.67. The van der Waals surface area contributed by atoms with Crippen molar-refractivity contribution in [3.63, 3.8) is 0 Å². The molecule has 0 amide bonds. The van der Waals surface area contributed by atoms with Crippen molar-refractivity contribution in [2.24, 2.45) is 5.92 Å². The molecule has 58 valence electrons. The van der Waals surface area contributed by atoms with E-state index in [1.54, 1.807) is 6.92 Å². The van der Waals surface area contributed by atoms with Crippen LogP contribution < -0.4 is 0 Å². The van der Waals surface area contributed by atoms with Crippen LogP contribution in [0.2, 0.25) is 0 Å². The third kappa shape index (κ3) is 5.54. The number of carbonyl (C=O) groups excluding carboxylic acids is 1. The van der Waals surface area contributed by atoms with Crippen molar-refractivity contribution in [1.82, 2.24) is 0 Å². The number of hydrogen-bond donors (Lipinski definition) is 0. The Labute approximate surface area is 63.1 Å². The van der Waals surface area contributed by atoms with Gasteiger partial charge in [0.05, 0.1) is 0 Å². The molecule has 0 N–H and O–H groups in total.